The number of hydrogen-bond acceptors (Lipinski definition) is 4. The molecule has 0 aromatic heterocycles. The summed E-state index contributed by atoms with van der Waals surface area (Å²) in [4.78, 5) is 0. The Bertz CT molecular complexity index is 185. The van der Waals surface area contributed by atoms with Gasteiger partial charge >= 0.3 is 0 Å². The first-order chi connectivity index (χ1) is 7.38. The minimum absolute atomic E-state index is 0.0506. The van der Waals surface area contributed by atoms with Gasteiger partial charge in [-0.3, -0.25) is 0 Å². The van der Waals surface area contributed by atoms with E-state index in [1.54, 1.807) is 0 Å². The Morgan fingerprint density at radius 3 is 2.80 bits per heavy atom. The van der Waals surface area contributed by atoms with Gasteiger partial charge in [0.25, 0.3) is 0 Å². The molecule has 15 heavy (non-hydrogen) atoms. The van der Waals surface area contributed by atoms with Gasteiger partial charge in [0.2, 0.25) is 0 Å². The van der Waals surface area contributed by atoms with E-state index in [9.17, 15) is 0 Å². The van der Waals surface area contributed by atoms with Crippen LogP contribution in [0.25, 0.3) is 0 Å². The highest BCUT2D eigenvalue weighted by Crippen LogP contribution is 2.29. The third-order valence-corrected chi connectivity index (χ3v) is 4.22. The van der Waals surface area contributed by atoms with Gasteiger partial charge in [0.15, 0.2) is 6.29 Å². The van der Waals surface area contributed by atoms with Gasteiger partial charge in [0.05, 0.1) is 12.7 Å². The lowest BCUT2D eigenvalue weighted by atomic mass is 9.99. The Morgan fingerprint density at radius 1 is 1.27 bits per heavy atom. The predicted molar refractivity (Wildman–Crippen MR) is 63.0 cm³/mol. The number of nitrogens with two attached hydrogens (primary N) is 1. The van der Waals surface area contributed by atoms with Crippen LogP contribution < -0.4 is 5.73 Å². The highest BCUT2D eigenvalue weighted by Gasteiger charge is 2.28. The molecule has 0 amide bonds. The van der Waals surface area contributed by atoms with Gasteiger partial charge in [-0.1, -0.05) is 0 Å². The van der Waals surface area contributed by atoms with Gasteiger partial charge < -0.3 is 15.2 Å². The fraction of sp³-hybridized carbons (Fsp3) is 1.00. The molecule has 2 unspecified atom stereocenters. The van der Waals surface area contributed by atoms with Crippen molar-refractivity contribution >= 4 is 11.8 Å². The second-order valence-electron chi connectivity index (χ2n) is 4.39. The summed E-state index contributed by atoms with van der Waals surface area (Å²) in [6.45, 7) is 1.43. The Balaban J connectivity index is 1.67. The zero-order chi connectivity index (χ0) is 10.5. The van der Waals surface area contributed by atoms with E-state index < -0.39 is 0 Å². The summed E-state index contributed by atoms with van der Waals surface area (Å²) < 4.78 is 11.4. The quantitative estimate of drug-likeness (QED) is 0.798. The monoisotopic (exact) mass is 231 g/mol. The van der Waals surface area contributed by atoms with Gasteiger partial charge in [-0.15, -0.1) is 0 Å². The van der Waals surface area contributed by atoms with E-state index in [0.29, 0.717) is 6.54 Å². The van der Waals surface area contributed by atoms with Crippen LogP contribution in [0.15, 0.2) is 0 Å². The molecule has 2 N–H and O–H groups in total. The Hall–Kier alpha value is 0.230. The first-order valence-electron chi connectivity index (χ1n) is 5.93. The summed E-state index contributed by atoms with van der Waals surface area (Å²) in [5, 5.41) is 0. The summed E-state index contributed by atoms with van der Waals surface area (Å²) in [7, 11) is 0. The van der Waals surface area contributed by atoms with Gasteiger partial charge in [-0.2, -0.15) is 11.8 Å². The van der Waals surface area contributed by atoms with Gasteiger partial charge in [-0.25, -0.2) is 0 Å². The zero-order valence-electron chi connectivity index (χ0n) is 9.19. The molecule has 2 aliphatic heterocycles. The maximum Gasteiger partial charge on any atom is 0.158 e. The molecule has 2 heterocycles. The molecule has 2 atom stereocenters. The lowest BCUT2D eigenvalue weighted by Crippen LogP contribution is -2.20. The Morgan fingerprint density at radius 2 is 2.07 bits per heavy atom. The molecule has 2 aliphatic rings. The highest BCUT2D eigenvalue weighted by molar-refractivity contribution is 7.99. The third kappa shape index (κ3) is 3.63. The van der Waals surface area contributed by atoms with Crippen LogP contribution in [0.3, 0.4) is 0 Å². The van der Waals surface area contributed by atoms with Gasteiger partial charge in [0.1, 0.15) is 0 Å². The van der Waals surface area contributed by atoms with E-state index >= 15 is 0 Å². The van der Waals surface area contributed by atoms with E-state index in [2.05, 4.69) is 11.8 Å². The molecule has 2 fully saturated rings. The molecule has 88 valence electrons. The molecule has 0 aromatic rings. The molecule has 4 heteroatoms. The van der Waals surface area contributed by atoms with E-state index in [4.69, 9.17) is 15.2 Å². The molecule has 3 nitrogen and oxygen atoms in total. The largest absolute Gasteiger partial charge is 0.350 e. The van der Waals surface area contributed by atoms with Crippen LogP contribution in [0.4, 0.5) is 0 Å². The average Bonchev–Trinajstić information content (AvgIpc) is 2.68. The third-order valence-electron chi connectivity index (χ3n) is 3.17. The van der Waals surface area contributed by atoms with Crippen molar-refractivity contribution < 1.29 is 9.47 Å². The SMILES string of the molecule is NCCC1COC(CC2CCSCC2)O1. The molecule has 0 radical (unpaired) electrons. The number of ether oxygens (including phenoxy) is 2. The molecule has 2 saturated heterocycles. The fourth-order valence-electron chi connectivity index (χ4n) is 2.22. The van der Waals surface area contributed by atoms with Crippen molar-refractivity contribution in [1.29, 1.82) is 0 Å². The number of rotatable bonds is 4. The predicted octanol–water partition coefficient (Wildman–Crippen LogP) is 1.61. The van der Waals surface area contributed by atoms with Crippen molar-refractivity contribution in [2.45, 2.75) is 38.1 Å². The molecule has 0 spiro atoms. The molecule has 0 bridgehead atoms. The number of hydrogen-bond donors (Lipinski definition) is 1. The maximum absolute atomic E-state index is 5.80. The first-order valence-corrected chi connectivity index (χ1v) is 7.09. The molecular formula is C11H21NO2S. The normalized spacial score (nSPS) is 33.4. The van der Waals surface area contributed by atoms with Crippen molar-refractivity contribution in [3.05, 3.63) is 0 Å². The minimum atomic E-state index is 0.0506. The summed E-state index contributed by atoms with van der Waals surface area (Å²) in [6, 6.07) is 0. The lowest BCUT2D eigenvalue weighted by Gasteiger charge is -2.23. The van der Waals surface area contributed by atoms with Crippen LogP contribution in [0, 0.1) is 5.92 Å². The van der Waals surface area contributed by atoms with E-state index in [0.717, 1.165) is 25.4 Å². The average molecular weight is 231 g/mol. The van der Waals surface area contributed by atoms with E-state index in [1.165, 1.54) is 24.3 Å². The van der Waals surface area contributed by atoms with Crippen LogP contribution in [-0.2, 0) is 9.47 Å². The standard InChI is InChI=1S/C11H21NO2S/c12-4-1-10-8-13-11(14-10)7-9-2-5-15-6-3-9/h9-11H,1-8,12H2. The Kier molecular flexibility index (Phi) is 4.75. The fourth-order valence-corrected chi connectivity index (χ4v) is 3.43. The second kappa shape index (κ2) is 6.09. The lowest BCUT2D eigenvalue weighted by molar-refractivity contribution is -0.0724. The topological polar surface area (TPSA) is 44.5 Å². The van der Waals surface area contributed by atoms with E-state index in [1.807, 2.05) is 0 Å². The minimum Gasteiger partial charge on any atom is -0.350 e. The summed E-state index contributed by atoms with van der Waals surface area (Å²) >= 11 is 2.07. The van der Waals surface area contributed by atoms with Crippen LogP contribution in [0.2, 0.25) is 0 Å². The Labute approximate surface area is 96.1 Å². The smallest absolute Gasteiger partial charge is 0.158 e. The van der Waals surface area contributed by atoms with Crippen molar-refractivity contribution in [1.82, 2.24) is 0 Å². The van der Waals surface area contributed by atoms with Crippen LogP contribution in [0.1, 0.15) is 25.7 Å². The summed E-state index contributed by atoms with van der Waals surface area (Å²) in [5.74, 6) is 3.43. The van der Waals surface area contributed by atoms with Crippen molar-refractivity contribution in [3.8, 4) is 0 Å². The molecule has 0 aromatic carbocycles. The molecule has 0 saturated carbocycles. The summed E-state index contributed by atoms with van der Waals surface area (Å²) in [5.41, 5.74) is 5.50. The molecule has 2 rings (SSSR count). The van der Waals surface area contributed by atoms with E-state index in [-0.39, 0.29) is 12.4 Å². The van der Waals surface area contributed by atoms with Crippen LogP contribution in [-0.4, -0.2) is 37.1 Å². The highest BCUT2D eigenvalue weighted by atomic mass is 32.2. The summed E-state index contributed by atoms with van der Waals surface area (Å²) in [6.07, 6.45) is 4.97. The van der Waals surface area contributed by atoms with Crippen LogP contribution in [0.5, 0.6) is 0 Å². The van der Waals surface area contributed by atoms with Crippen molar-refractivity contribution in [2.75, 3.05) is 24.7 Å². The first kappa shape index (κ1) is 11.7. The zero-order valence-corrected chi connectivity index (χ0v) is 10.0. The van der Waals surface area contributed by atoms with Crippen molar-refractivity contribution in [3.63, 3.8) is 0 Å². The van der Waals surface area contributed by atoms with Gasteiger partial charge in [0, 0.05) is 6.42 Å². The van der Waals surface area contributed by atoms with Crippen LogP contribution >= 0.6 is 11.8 Å². The van der Waals surface area contributed by atoms with Crippen molar-refractivity contribution in [2.24, 2.45) is 11.7 Å². The van der Waals surface area contributed by atoms with Gasteiger partial charge in [-0.05, 0) is 43.2 Å². The maximum atomic E-state index is 5.80. The number of thioether (sulfide) groups is 1. The second-order valence-corrected chi connectivity index (χ2v) is 5.61. The molecule has 0 aliphatic carbocycles. The molecular weight excluding hydrogens is 210 g/mol.